The van der Waals surface area contributed by atoms with Gasteiger partial charge in [-0.3, -0.25) is 4.79 Å². The topological polar surface area (TPSA) is 37.3 Å². The third kappa shape index (κ3) is 2.78. The summed E-state index contributed by atoms with van der Waals surface area (Å²) in [5, 5.41) is 9.32. The number of hydrogen-bond acceptors (Lipinski definition) is 2. The van der Waals surface area contributed by atoms with Crippen LogP contribution in [0.4, 0.5) is 0 Å². The molecule has 0 aliphatic carbocycles. The van der Waals surface area contributed by atoms with Crippen molar-refractivity contribution in [2.24, 2.45) is 0 Å². The van der Waals surface area contributed by atoms with Gasteiger partial charge >= 0.3 is 0 Å². The lowest BCUT2D eigenvalue weighted by Crippen LogP contribution is -2.31. The van der Waals surface area contributed by atoms with Crippen LogP contribution >= 0.6 is 0 Å². The van der Waals surface area contributed by atoms with Gasteiger partial charge in [-0.25, -0.2) is 0 Å². The molecule has 10 heavy (non-hydrogen) atoms. The van der Waals surface area contributed by atoms with E-state index in [1.165, 1.54) is 13.8 Å². The average Bonchev–Trinajstić information content (AvgIpc) is 1.84. The van der Waals surface area contributed by atoms with Crippen LogP contribution in [0, 0.1) is 0 Å². The Hall–Kier alpha value is -0.630. The summed E-state index contributed by atoms with van der Waals surface area (Å²) >= 11 is 0. The summed E-state index contributed by atoms with van der Waals surface area (Å²) in [6, 6.07) is 0. The Morgan fingerprint density at radius 3 is 2.50 bits per heavy atom. The molecular weight excluding hydrogens is 128 g/mol. The second-order valence-electron chi connectivity index (χ2n) is 2.60. The molecule has 0 aliphatic rings. The SMILES string of the molecule is C/C=C/CC(C)(O)C(C)=O. The van der Waals surface area contributed by atoms with Crippen LogP contribution in [-0.2, 0) is 4.79 Å². The van der Waals surface area contributed by atoms with Gasteiger partial charge in [0.1, 0.15) is 5.60 Å². The number of hydrogen-bond donors (Lipinski definition) is 1. The minimum atomic E-state index is -1.17. The summed E-state index contributed by atoms with van der Waals surface area (Å²) in [7, 11) is 0. The molecule has 0 aromatic rings. The first-order valence-corrected chi connectivity index (χ1v) is 3.35. The second-order valence-corrected chi connectivity index (χ2v) is 2.60. The molecule has 2 nitrogen and oxygen atoms in total. The van der Waals surface area contributed by atoms with Crippen LogP contribution in [0.15, 0.2) is 12.2 Å². The maximum atomic E-state index is 10.7. The van der Waals surface area contributed by atoms with Crippen molar-refractivity contribution in [2.45, 2.75) is 32.8 Å². The van der Waals surface area contributed by atoms with Gasteiger partial charge < -0.3 is 5.11 Å². The smallest absolute Gasteiger partial charge is 0.161 e. The minimum absolute atomic E-state index is 0.189. The number of rotatable bonds is 3. The molecule has 0 saturated carbocycles. The largest absolute Gasteiger partial charge is 0.382 e. The zero-order valence-electron chi connectivity index (χ0n) is 6.72. The summed E-state index contributed by atoms with van der Waals surface area (Å²) in [6.45, 7) is 4.77. The Morgan fingerprint density at radius 1 is 1.70 bits per heavy atom. The van der Waals surface area contributed by atoms with E-state index in [0.717, 1.165) is 0 Å². The normalized spacial score (nSPS) is 17.2. The molecule has 0 radical (unpaired) electrons. The fourth-order valence-electron chi connectivity index (χ4n) is 0.491. The lowest BCUT2D eigenvalue weighted by atomic mass is 9.98. The van der Waals surface area contributed by atoms with Crippen LogP contribution < -0.4 is 0 Å². The number of Topliss-reactive ketones (excluding diaryl/α,β-unsaturated/α-hetero) is 1. The van der Waals surface area contributed by atoms with Crippen molar-refractivity contribution >= 4 is 5.78 Å². The van der Waals surface area contributed by atoms with E-state index in [-0.39, 0.29) is 5.78 Å². The molecule has 2 heteroatoms. The fraction of sp³-hybridized carbons (Fsp3) is 0.625. The monoisotopic (exact) mass is 142 g/mol. The van der Waals surface area contributed by atoms with E-state index in [4.69, 9.17) is 0 Å². The van der Waals surface area contributed by atoms with Gasteiger partial charge in [0.05, 0.1) is 0 Å². The highest BCUT2D eigenvalue weighted by molar-refractivity contribution is 5.84. The lowest BCUT2D eigenvalue weighted by Gasteiger charge is -2.16. The van der Waals surface area contributed by atoms with Crippen molar-refractivity contribution < 1.29 is 9.90 Å². The average molecular weight is 142 g/mol. The zero-order valence-corrected chi connectivity index (χ0v) is 6.72. The van der Waals surface area contributed by atoms with Crippen LogP contribution in [0.3, 0.4) is 0 Å². The lowest BCUT2D eigenvalue weighted by molar-refractivity contribution is -0.133. The van der Waals surface area contributed by atoms with Crippen LogP contribution in [-0.4, -0.2) is 16.5 Å². The number of ketones is 1. The molecule has 0 fully saturated rings. The van der Waals surface area contributed by atoms with Gasteiger partial charge in [-0.15, -0.1) is 0 Å². The standard InChI is InChI=1S/C8H14O2/c1-4-5-6-8(3,10)7(2)9/h4-5,10H,6H2,1-3H3/b5-4+. The molecule has 0 spiro atoms. The van der Waals surface area contributed by atoms with Crippen molar-refractivity contribution in [1.82, 2.24) is 0 Å². The summed E-state index contributed by atoms with van der Waals surface area (Å²) in [5.41, 5.74) is -1.17. The van der Waals surface area contributed by atoms with Gasteiger partial charge in [0, 0.05) is 6.42 Å². The third-order valence-electron chi connectivity index (χ3n) is 1.51. The summed E-state index contributed by atoms with van der Waals surface area (Å²) < 4.78 is 0. The highest BCUT2D eigenvalue weighted by atomic mass is 16.3. The quantitative estimate of drug-likeness (QED) is 0.603. The Balaban J connectivity index is 3.99. The molecule has 0 aliphatic heterocycles. The molecule has 0 saturated heterocycles. The van der Waals surface area contributed by atoms with Gasteiger partial charge in [0.2, 0.25) is 0 Å². The molecule has 58 valence electrons. The van der Waals surface area contributed by atoms with E-state index in [1.54, 1.807) is 6.08 Å². The van der Waals surface area contributed by atoms with Crippen LogP contribution in [0.1, 0.15) is 27.2 Å². The number of carbonyl (C=O) groups is 1. The van der Waals surface area contributed by atoms with Gasteiger partial charge in [-0.05, 0) is 20.8 Å². The second kappa shape index (κ2) is 3.52. The summed E-state index contributed by atoms with van der Waals surface area (Å²) in [6.07, 6.45) is 4.00. The third-order valence-corrected chi connectivity index (χ3v) is 1.51. The zero-order chi connectivity index (χ0) is 8.20. The van der Waals surface area contributed by atoms with Gasteiger partial charge in [0.25, 0.3) is 0 Å². The van der Waals surface area contributed by atoms with Gasteiger partial charge in [-0.2, -0.15) is 0 Å². The van der Waals surface area contributed by atoms with Gasteiger partial charge in [0.15, 0.2) is 5.78 Å². The molecule has 0 bridgehead atoms. The Bertz CT molecular complexity index is 145. The Morgan fingerprint density at radius 2 is 2.20 bits per heavy atom. The first-order valence-electron chi connectivity index (χ1n) is 3.35. The van der Waals surface area contributed by atoms with E-state index in [1.807, 2.05) is 13.0 Å². The predicted molar refractivity (Wildman–Crippen MR) is 40.7 cm³/mol. The van der Waals surface area contributed by atoms with Crippen molar-refractivity contribution in [3.05, 3.63) is 12.2 Å². The molecular formula is C8H14O2. The molecule has 0 rings (SSSR count). The molecule has 1 unspecified atom stereocenters. The molecule has 1 atom stereocenters. The molecule has 0 aromatic heterocycles. The van der Waals surface area contributed by atoms with Crippen molar-refractivity contribution in [3.63, 3.8) is 0 Å². The molecule has 0 aromatic carbocycles. The molecule has 0 amide bonds. The van der Waals surface area contributed by atoms with Gasteiger partial charge in [-0.1, -0.05) is 12.2 Å². The minimum Gasteiger partial charge on any atom is -0.382 e. The first kappa shape index (κ1) is 9.37. The number of allylic oxidation sites excluding steroid dienone is 1. The van der Waals surface area contributed by atoms with E-state index >= 15 is 0 Å². The fourth-order valence-corrected chi connectivity index (χ4v) is 0.491. The molecule has 0 heterocycles. The number of aliphatic hydroxyl groups is 1. The highest BCUT2D eigenvalue weighted by Crippen LogP contribution is 2.10. The van der Waals surface area contributed by atoms with Crippen LogP contribution in [0.5, 0.6) is 0 Å². The Labute approximate surface area is 61.6 Å². The van der Waals surface area contributed by atoms with E-state index in [9.17, 15) is 9.90 Å². The summed E-state index contributed by atoms with van der Waals surface area (Å²) in [4.78, 5) is 10.7. The van der Waals surface area contributed by atoms with Crippen LogP contribution in [0.2, 0.25) is 0 Å². The van der Waals surface area contributed by atoms with Crippen molar-refractivity contribution in [1.29, 1.82) is 0 Å². The molecule has 1 N–H and O–H groups in total. The van der Waals surface area contributed by atoms with Crippen molar-refractivity contribution in [2.75, 3.05) is 0 Å². The summed E-state index contributed by atoms with van der Waals surface area (Å²) in [5.74, 6) is -0.189. The Kier molecular flexibility index (Phi) is 3.30. The van der Waals surface area contributed by atoms with E-state index in [2.05, 4.69) is 0 Å². The predicted octanol–water partition coefficient (Wildman–Crippen LogP) is 1.29. The number of carbonyl (C=O) groups excluding carboxylic acids is 1. The van der Waals surface area contributed by atoms with Crippen LogP contribution in [0.25, 0.3) is 0 Å². The van der Waals surface area contributed by atoms with E-state index in [0.29, 0.717) is 6.42 Å². The van der Waals surface area contributed by atoms with E-state index < -0.39 is 5.60 Å². The van der Waals surface area contributed by atoms with Crippen molar-refractivity contribution in [3.8, 4) is 0 Å². The maximum Gasteiger partial charge on any atom is 0.161 e. The maximum absolute atomic E-state index is 10.7. The first-order chi connectivity index (χ1) is 4.50. The highest BCUT2D eigenvalue weighted by Gasteiger charge is 2.23.